The first kappa shape index (κ1) is 22.9. The summed E-state index contributed by atoms with van der Waals surface area (Å²) in [5, 5.41) is 0. The van der Waals surface area contributed by atoms with Crippen LogP contribution < -0.4 is 0 Å². The number of allylic oxidation sites excluding steroid dienone is 8. The zero-order valence-corrected chi connectivity index (χ0v) is 23.8. The molecule has 0 heterocycles. The van der Waals surface area contributed by atoms with Crippen molar-refractivity contribution >= 4 is 23.1 Å². The molecule has 2 atom stereocenters. The fraction of sp³-hybridized carbons (Fsp3) is 0.636. The van der Waals surface area contributed by atoms with Gasteiger partial charge in [0.1, 0.15) is 0 Å². The van der Waals surface area contributed by atoms with E-state index in [4.69, 9.17) is 17.2 Å². The van der Waals surface area contributed by atoms with E-state index in [0.29, 0.717) is 7.35 Å². The van der Waals surface area contributed by atoms with Crippen molar-refractivity contribution in [1.82, 2.24) is 0 Å². The molecule has 4 heteroatoms. The monoisotopic (exact) mass is 579 g/mol. The van der Waals surface area contributed by atoms with E-state index < -0.39 is 21.3 Å². The van der Waals surface area contributed by atoms with Crippen LogP contribution in [0, 0.1) is 0 Å². The van der Waals surface area contributed by atoms with Gasteiger partial charge in [0.25, 0.3) is 0 Å². The molecule has 0 spiro atoms. The molecule has 0 saturated heterocycles. The molecule has 0 nitrogen and oxygen atoms in total. The van der Waals surface area contributed by atoms with E-state index in [0.717, 1.165) is 25.7 Å². The molecule has 0 aliphatic heterocycles. The van der Waals surface area contributed by atoms with E-state index in [1.165, 1.54) is 35.1 Å². The van der Waals surface area contributed by atoms with Crippen molar-refractivity contribution in [2.75, 3.05) is 0 Å². The van der Waals surface area contributed by atoms with Crippen molar-refractivity contribution in [3.05, 3.63) is 46.6 Å². The first-order chi connectivity index (χ1) is 12.2. The summed E-state index contributed by atoms with van der Waals surface area (Å²) >= 11 is -4.24. The van der Waals surface area contributed by atoms with Crippen LogP contribution in [0.15, 0.2) is 46.6 Å². The van der Waals surface area contributed by atoms with Crippen molar-refractivity contribution in [2.45, 2.75) is 86.7 Å². The fourth-order valence-electron chi connectivity index (χ4n) is 4.87. The second kappa shape index (κ2) is 8.97. The third-order valence-corrected chi connectivity index (χ3v) is 79.9. The average Bonchev–Trinajstić information content (AvgIpc) is 3.20. The molecule has 2 aliphatic rings. The Morgan fingerprint density at radius 1 is 0.808 bits per heavy atom. The van der Waals surface area contributed by atoms with Crippen LogP contribution in [-0.2, 0) is 15.3 Å². The number of halogens is 2. The molecule has 0 aromatic rings. The van der Waals surface area contributed by atoms with Crippen LogP contribution in [0.1, 0.15) is 66.2 Å². The molecule has 0 saturated carbocycles. The van der Waals surface area contributed by atoms with Gasteiger partial charge in [-0.3, -0.25) is 0 Å². The van der Waals surface area contributed by atoms with E-state index >= 15 is 0 Å². The van der Waals surface area contributed by atoms with Gasteiger partial charge in [0.15, 0.2) is 0 Å². The number of hydrogen-bond acceptors (Lipinski definition) is 0. The summed E-state index contributed by atoms with van der Waals surface area (Å²) in [5.74, 6) is -1.24. The van der Waals surface area contributed by atoms with Crippen molar-refractivity contribution in [2.24, 2.45) is 0 Å². The molecular weight excluding hydrogens is 542 g/mol. The molecule has 2 aliphatic carbocycles. The summed E-state index contributed by atoms with van der Waals surface area (Å²) in [7, 11) is 15.8. The van der Waals surface area contributed by atoms with Gasteiger partial charge in [-0.15, -0.1) is 0 Å². The predicted octanol–water partition coefficient (Wildman–Crippen LogP) is 8.70. The molecule has 147 valence electrons. The molecule has 0 fully saturated rings. The van der Waals surface area contributed by atoms with Gasteiger partial charge in [0.2, 0.25) is 0 Å². The second-order valence-electron chi connectivity index (χ2n) is 8.46. The first-order valence-corrected chi connectivity index (χ1v) is 32.8. The Bertz CT molecular complexity index is 605. The minimum absolute atomic E-state index is 0.353. The van der Waals surface area contributed by atoms with Gasteiger partial charge in [-0.25, -0.2) is 0 Å². The summed E-state index contributed by atoms with van der Waals surface area (Å²) in [5.41, 5.74) is 5.99. The maximum absolute atomic E-state index is 7.90. The van der Waals surface area contributed by atoms with Crippen molar-refractivity contribution in [1.29, 1.82) is 0 Å². The normalized spacial score (nSPS) is 24.9. The maximum atomic E-state index is 7.90. The topological polar surface area (TPSA) is 0 Å². The van der Waals surface area contributed by atoms with Crippen molar-refractivity contribution in [3.63, 3.8) is 0 Å². The van der Waals surface area contributed by atoms with Crippen LogP contribution in [0.2, 0.25) is 20.4 Å². The van der Waals surface area contributed by atoms with Crippen LogP contribution in [0.5, 0.6) is 0 Å². The Labute approximate surface area is 170 Å². The van der Waals surface area contributed by atoms with Crippen LogP contribution >= 0.6 is 17.2 Å². The second-order valence-corrected chi connectivity index (χ2v) is 68.1. The van der Waals surface area contributed by atoms with Crippen LogP contribution in [0.3, 0.4) is 0 Å². The minimum atomic E-state index is -4.24. The Kier molecular flexibility index (Phi) is 7.90. The summed E-state index contributed by atoms with van der Waals surface area (Å²) in [6.45, 7) is 13.9. The molecule has 0 bridgehead atoms. The van der Waals surface area contributed by atoms with E-state index in [9.17, 15) is 0 Å². The van der Waals surface area contributed by atoms with Gasteiger partial charge >= 0.3 is 172 Å². The third-order valence-electron chi connectivity index (χ3n) is 6.49. The number of rotatable bonds is 9. The summed E-state index contributed by atoms with van der Waals surface area (Å²) in [6, 6.07) is 0. The Morgan fingerprint density at radius 2 is 1.19 bits per heavy atom. The number of hydrogen-bond donors (Lipinski definition) is 0. The fourth-order valence-corrected chi connectivity index (χ4v) is 45.9. The molecule has 0 N–H and O–H groups in total. The summed E-state index contributed by atoms with van der Waals surface area (Å²) < 4.78 is 0.705. The van der Waals surface area contributed by atoms with Crippen LogP contribution in [0.4, 0.5) is 0 Å². The summed E-state index contributed by atoms with van der Waals surface area (Å²) in [4.78, 5) is 0. The zero-order valence-electron chi connectivity index (χ0n) is 17.5. The van der Waals surface area contributed by atoms with E-state index in [1.807, 2.05) is 0 Å². The molecule has 2 unspecified atom stereocenters. The third kappa shape index (κ3) is 4.00. The predicted molar refractivity (Wildman–Crippen MR) is 121 cm³/mol. The molecule has 2 rings (SSSR count). The van der Waals surface area contributed by atoms with E-state index in [2.05, 4.69) is 65.1 Å². The van der Waals surface area contributed by atoms with Gasteiger partial charge in [-0.2, -0.15) is 0 Å². The SMILES string of the molecule is CCCC1=C[CH]([Hf]([Cl])([Cl])([CH]2C=C(CCC)C=C2CC)[SiH](C)C)C(CC)=C1. The van der Waals surface area contributed by atoms with E-state index in [-0.39, 0.29) is 0 Å². The van der Waals surface area contributed by atoms with Crippen molar-refractivity contribution in [3.8, 4) is 0 Å². The molecule has 0 amide bonds. The summed E-state index contributed by atoms with van der Waals surface area (Å²) in [6.07, 6.45) is 16.7. The van der Waals surface area contributed by atoms with E-state index in [1.54, 1.807) is 0 Å². The Hall–Kier alpha value is 0.627. The molecular formula is C22H37Cl2HfSi. The Balaban J connectivity index is 2.58. The zero-order chi connectivity index (χ0) is 19.6. The average molecular weight is 579 g/mol. The van der Waals surface area contributed by atoms with Crippen molar-refractivity contribution < 1.29 is 15.3 Å². The van der Waals surface area contributed by atoms with Gasteiger partial charge in [0, 0.05) is 0 Å². The first-order valence-electron chi connectivity index (χ1n) is 10.6. The van der Waals surface area contributed by atoms with Gasteiger partial charge in [0.05, 0.1) is 0 Å². The quantitative estimate of drug-likeness (QED) is 0.240. The molecule has 0 aromatic carbocycles. The van der Waals surface area contributed by atoms with Crippen LogP contribution in [-0.4, -0.2) is 5.98 Å². The van der Waals surface area contributed by atoms with Gasteiger partial charge in [-0.05, 0) is 0 Å². The van der Waals surface area contributed by atoms with Crippen LogP contribution in [0.25, 0.3) is 0 Å². The van der Waals surface area contributed by atoms with Gasteiger partial charge < -0.3 is 0 Å². The molecule has 0 aromatic heterocycles. The molecule has 26 heavy (non-hydrogen) atoms. The molecule has 0 radical (unpaired) electrons. The standard InChI is InChI=1S/2C10H15.C2H7Si.2ClH.Hf/c2*1-3-5-10-7-6-9(4-2)8-10;1-3-2;;;/h2*6-8H,3-5H2,1-2H3;3H,1-2H3;2*1H;/q;;;;;+2/p-2. The van der Waals surface area contributed by atoms with Gasteiger partial charge in [-0.1, -0.05) is 0 Å². The Morgan fingerprint density at radius 3 is 1.46 bits per heavy atom.